The van der Waals surface area contributed by atoms with Gasteiger partial charge in [0.15, 0.2) is 0 Å². The lowest BCUT2D eigenvalue weighted by Gasteiger charge is -2.41. The fourth-order valence-electron chi connectivity index (χ4n) is 5.57. The third-order valence-electron chi connectivity index (χ3n) is 8.45. The first-order valence-electron chi connectivity index (χ1n) is 17.9. The summed E-state index contributed by atoms with van der Waals surface area (Å²) in [5.74, 6) is -0.528. The number of hydrogen-bond donors (Lipinski definition) is 6. The average molecular weight is 685 g/mol. The second-order valence-corrected chi connectivity index (χ2v) is 14.1. The Kier molecular flexibility index (Phi) is 24.7. The van der Waals surface area contributed by atoms with Crippen LogP contribution in [0.5, 0.6) is 0 Å². The van der Waals surface area contributed by atoms with E-state index < -0.39 is 63.1 Å². The number of carbonyl (C=O) groups excluding carboxylic acids is 1. The number of carbonyl (C=O) groups is 1. The van der Waals surface area contributed by atoms with Crippen molar-refractivity contribution in [2.45, 2.75) is 185 Å². The Labute approximate surface area is 276 Å². The summed E-state index contributed by atoms with van der Waals surface area (Å²) in [4.78, 5) is 22.2. The van der Waals surface area contributed by atoms with E-state index in [4.69, 9.17) is 18.5 Å². The molecule has 0 spiro atoms. The maximum Gasteiger partial charge on any atom is 0.472 e. The first-order chi connectivity index (χ1) is 22.0. The Hall–Kier alpha value is -0.660. The lowest BCUT2D eigenvalue weighted by atomic mass is 9.85. The minimum atomic E-state index is -4.97. The van der Waals surface area contributed by atoms with E-state index in [9.17, 15) is 39.8 Å². The second kappa shape index (κ2) is 26.2. The maximum absolute atomic E-state index is 12.5. The molecule has 0 aromatic carbocycles. The van der Waals surface area contributed by atoms with Crippen LogP contribution in [0.1, 0.15) is 142 Å². The zero-order valence-electron chi connectivity index (χ0n) is 28.4. The highest BCUT2D eigenvalue weighted by Gasteiger charge is 2.51. The zero-order chi connectivity index (χ0) is 34.2. The number of aliphatic hydroxyl groups is 5. The largest absolute Gasteiger partial charge is 0.472 e. The summed E-state index contributed by atoms with van der Waals surface area (Å²) in [6, 6.07) is 0. The van der Waals surface area contributed by atoms with Crippen LogP contribution in [0.3, 0.4) is 0 Å². The van der Waals surface area contributed by atoms with E-state index in [-0.39, 0.29) is 13.0 Å². The van der Waals surface area contributed by atoms with Crippen molar-refractivity contribution in [1.82, 2.24) is 0 Å². The van der Waals surface area contributed by atoms with Gasteiger partial charge in [-0.25, -0.2) is 4.57 Å². The molecule has 46 heavy (non-hydrogen) atoms. The normalized spacial score (nSPS) is 25.3. The number of unbranched alkanes of at least 4 members (excludes halogenated alkanes) is 17. The van der Waals surface area contributed by atoms with Crippen LogP contribution >= 0.6 is 7.82 Å². The molecular formula is C33H65O12P. The first kappa shape index (κ1) is 43.4. The highest BCUT2D eigenvalue weighted by Crippen LogP contribution is 2.47. The zero-order valence-corrected chi connectivity index (χ0v) is 29.3. The van der Waals surface area contributed by atoms with Crippen LogP contribution in [-0.2, 0) is 27.9 Å². The van der Waals surface area contributed by atoms with E-state index in [2.05, 4.69) is 6.92 Å². The van der Waals surface area contributed by atoms with Crippen molar-refractivity contribution in [3.05, 3.63) is 0 Å². The van der Waals surface area contributed by atoms with Gasteiger partial charge in [0.1, 0.15) is 42.7 Å². The van der Waals surface area contributed by atoms with E-state index in [1.165, 1.54) is 96.3 Å². The fourth-order valence-corrected chi connectivity index (χ4v) is 6.54. The van der Waals surface area contributed by atoms with Gasteiger partial charge in [0.2, 0.25) is 0 Å². The number of phosphoric ester groups is 1. The number of ether oxygens (including phenoxy) is 2. The lowest BCUT2D eigenvalue weighted by Crippen LogP contribution is -2.64. The summed E-state index contributed by atoms with van der Waals surface area (Å²) in [6.45, 7) is 3.83. The molecule has 1 aliphatic carbocycles. The number of hydrogen-bond acceptors (Lipinski definition) is 11. The molecule has 274 valence electrons. The standard InChI is InChI=1S/C33H65O12P/c1-3-5-6-7-8-9-10-11-12-13-14-15-16-17-18-19-20-21-23-42-24-26(44-27(34)22-4-2)25-43-46(40,41)45-33-31(38)29(36)28(35)30(37)32(33)39/h26,28-33,35-39H,3-25H2,1-2H3,(H,40,41)/t26-,28?,29-,30?,31?,32?,33?/m1/s1. The van der Waals surface area contributed by atoms with Crippen molar-refractivity contribution in [3.63, 3.8) is 0 Å². The molecule has 1 saturated carbocycles. The van der Waals surface area contributed by atoms with Crippen LogP contribution in [0.2, 0.25) is 0 Å². The van der Waals surface area contributed by atoms with Crippen LogP contribution in [-0.4, -0.2) is 98.9 Å². The smallest absolute Gasteiger partial charge is 0.457 e. The van der Waals surface area contributed by atoms with Crippen molar-refractivity contribution in [2.75, 3.05) is 19.8 Å². The van der Waals surface area contributed by atoms with E-state index in [1.807, 2.05) is 0 Å². The molecule has 0 aromatic rings. The van der Waals surface area contributed by atoms with Crippen molar-refractivity contribution in [2.24, 2.45) is 0 Å². The van der Waals surface area contributed by atoms with Crippen LogP contribution < -0.4 is 0 Å². The highest BCUT2D eigenvalue weighted by molar-refractivity contribution is 7.47. The van der Waals surface area contributed by atoms with Crippen LogP contribution in [0.4, 0.5) is 0 Å². The van der Waals surface area contributed by atoms with Gasteiger partial charge in [0.05, 0.1) is 13.2 Å². The third-order valence-corrected chi connectivity index (χ3v) is 9.43. The van der Waals surface area contributed by atoms with Crippen molar-refractivity contribution in [1.29, 1.82) is 0 Å². The van der Waals surface area contributed by atoms with E-state index in [0.717, 1.165) is 19.3 Å². The van der Waals surface area contributed by atoms with Gasteiger partial charge in [0.25, 0.3) is 0 Å². The van der Waals surface area contributed by atoms with E-state index in [0.29, 0.717) is 13.0 Å². The minimum Gasteiger partial charge on any atom is -0.457 e. The predicted molar refractivity (Wildman–Crippen MR) is 175 cm³/mol. The van der Waals surface area contributed by atoms with Gasteiger partial charge >= 0.3 is 13.8 Å². The molecule has 12 nitrogen and oxygen atoms in total. The Morgan fingerprint density at radius 1 is 0.609 bits per heavy atom. The van der Waals surface area contributed by atoms with Gasteiger partial charge in [-0.3, -0.25) is 13.8 Å². The summed E-state index contributed by atoms with van der Waals surface area (Å²) in [5.41, 5.74) is 0. The topological polar surface area (TPSA) is 192 Å². The average Bonchev–Trinajstić information content (AvgIpc) is 3.02. The molecule has 6 N–H and O–H groups in total. The Balaban J connectivity index is 2.20. The number of phosphoric acid groups is 1. The second-order valence-electron chi connectivity index (χ2n) is 12.7. The molecule has 1 aliphatic rings. The predicted octanol–water partition coefficient (Wildman–Crippen LogP) is 5.08. The van der Waals surface area contributed by atoms with Gasteiger partial charge in [-0.2, -0.15) is 0 Å². The maximum atomic E-state index is 12.5. The van der Waals surface area contributed by atoms with Gasteiger partial charge in [-0.15, -0.1) is 0 Å². The van der Waals surface area contributed by atoms with Crippen LogP contribution in [0.25, 0.3) is 0 Å². The van der Waals surface area contributed by atoms with Crippen molar-refractivity contribution in [3.8, 4) is 0 Å². The van der Waals surface area contributed by atoms with Crippen molar-refractivity contribution >= 4 is 13.8 Å². The van der Waals surface area contributed by atoms with Gasteiger partial charge in [-0.1, -0.05) is 123 Å². The molecule has 0 aromatic heterocycles. The molecule has 13 heteroatoms. The first-order valence-corrected chi connectivity index (χ1v) is 19.4. The molecule has 8 atom stereocenters. The summed E-state index contributed by atoms with van der Waals surface area (Å²) in [5, 5.41) is 49.4. The Morgan fingerprint density at radius 2 is 1.02 bits per heavy atom. The Bertz CT molecular complexity index is 787. The van der Waals surface area contributed by atoms with Gasteiger partial charge in [0, 0.05) is 13.0 Å². The quantitative estimate of drug-likeness (QED) is 0.0348. The van der Waals surface area contributed by atoms with E-state index >= 15 is 0 Å². The molecule has 0 heterocycles. The lowest BCUT2D eigenvalue weighted by molar-refractivity contribution is -0.220. The number of esters is 1. The fraction of sp³-hybridized carbons (Fsp3) is 0.970. The molecule has 1 rings (SSSR count). The molecule has 6 unspecified atom stereocenters. The number of rotatable bonds is 29. The van der Waals surface area contributed by atoms with Gasteiger partial charge in [-0.05, 0) is 12.8 Å². The highest BCUT2D eigenvalue weighted by atomic mass is 31.2. The molecule has 0 amide bonds. The SMILES string of the molecule is CCCCCCCCCCCCCCCCCCCCOC[C@H](COP(=O)(O)OC1C(O)C(O)C(O)[C@@H](O)C1O)OC(=O)CCC. The summed E-state index contributed by atoms with van der Waals surface area (Å²) >= 11 is 0. The molecule has 0 aliphatic heterocycles. The minimum absolute atomic E-state index is 0.0767. The van der Waals surface area contributed by atoms with Crippen LogP contribution in [0, 0.1) is 0 Å². The van der Waals surface area contributed by atoms with Crippen LogP contribution in [0.15, 0.2) is 0 Å². The van der Waals surface area contributed by atoms with Crippen molar-refractivity contribution < 1.29 is 58.3 Å². The summed E-state index contributed by atoms with van der Waals surface area (Å²) in [7, 11) is -4.97. The molecule has 0 radical (unpaired) electrons. The number of aliphatic hydroxyl groups excluding tert-OH is 5. The summed E-state index contributed by atoms with van der Waals surface area (Å²) < 4.78 is 33.3. The third kappa shape index (κ3) is 19.4. The molecule has 1 fully saturated rings. The van der Waals surface area contributed by atoms with Gasteiger partial charge < -0.3 is 39.9 Å². The summed E-state index contributed by atoms with van der Waals surface area (Å²) in [6.07, 6.45) is 11.1. The Morgan fingerprint density at radius 3 is 1.46 bits per heavy atom. The molecular weight excluding hydrogens is 619 g/mol. The molecule has 0 bridgehead atoms. The van der Waals surface area contributed by atoms with E-state index in [1.54, 1.807) is 6.92 Å². The monoisotopic (exact) mass is 684 g/mol. The molecule has 0 saturated heterocycles.